The van der Waals surface area contributed by atoms with E-state index < -0.39 is 5.97 Å². The maximum Gasteiger partial charge on any atom is 0.337 e. The zero-order chi connectivity index (χ0) is 9.42. The van der Waals surface area contributed by atoms with Gasteiger partial charge in [0.15, 0.2) is 5.65 Å². The lowest BCUT2D eigenvalue weighted by molar-refractivity contribution is 0.0696. The molecular formula is C7H4ClN3O2. The summed E-state index contributed by atoms with van der Waals surface area (Å²) in [6.45, 7) is 0. The van der Waals surface area contributed by atoms with Crippen LogP contribution in [0.1, 0.15) is 10.4 Å². The highest BCUT2D eigenvalue weighted by Crippen LogP contribution is 2.19. The summed E-state index contributed by atoms with van der Waals surface area (Å²) in [6, 6.07) is 1.43. The molecule has 2 rings (SSSR count). The van der Waals surface area contributed by atoms with Gasteiger partial charge in [-0.25, -0.2) is 9.78 Å². The van der Waals surface area contributed by atoms with Gasteiger partial charge >= 0.3 is 5.97 Å². The van der Waals surface area contributed by atoms with Crippen molar-refractivity contribution in [1.82, 2.24) is 15.2 Å². The van der Waals surface area contributed by atoms with E-state index in [0.29, 0.717) is 16.2 Å². The highest BCUT2D eigenvalue weighted by Gasteiger charge is 2.08. The van der Waals surface area contributed by atoms with E-state index in [4.69, 9.17) is 16.7 Å². The molecule has 2 aromatic heterocycles. The van der Waals surface area contributed by atoms with Crippen molar-refractivity contribution in [3.05, 3.63) is 23.0 Å². The molecule has 0 amide bonds. The van der Waals surface area contributed by atoms with Crippen molar-refractivity contribution in [2.75, 3.05) is 0 Å². The predicted molar refractivity (Wildman–Crippen MR) is 45.9 cm³/mol. The summed E-state index contributed by atoms with van der Waals surface area (Å²) in [7, 11) is 0. The Bertz CT molecular complexity index is 480. The number of aromatic amines is 1. The molecule has 2 heterocycles. The van der Waals surface area contributed by atoms with Crippen LogP contribution in [0.5, 0.6) is 0 Å². The summed E-state index contributed by atoms with van der Waals surface area (Å²) < 4.78 is 0. The second kappa shape index (κ2) is 2.70. The Kier molecular flexibility index (Phi) is 1.66. The van der Waals surface area contributed by atoms with Gasteiger partial charge in [0.25, 0.3) is 0 Å². The van der Waals surface area contributed by atoms with Crippen LogP contribution in [0.2, 0.25) is 5.15 Å². The van der Waals surface area contributed by atoms with Crippen LogP contribution in [0.4, 0.5) is 0 Å². The number of nitrogens with zero attached hydrogens (tertiary/aromatic N) is 2. The van der Waals surface area contributed by atoms with Crippen molar-refractivity contribution in [2.45, 2.75) is 0 Å². The second-order valence-electron chi connectivity index (χ2n) is 2.44. The van der Waals surface area contributed by atoms with Gasteiger partial charge in [-0.1, -0.05) is 11.6 Å². The molecule has 0 aliphatic carbocycles. The molecule has 0 saturated heterocycles. The van der Waals surface area contributed by atoms with Crippen LogP contribution in [0.15, 0.2) is 12.3 Å². The Balaban J connectivity index is 2.72. The van der Waals surface area contributed by atoms with Crippen LogP contribution in [0, 0.1) is 0 Å². The number of rotatable bonds is 1. The van der Waals surface area contributed by atoms with E-state index in [1.165, 1.54) is 12.3 Å². The first-order valence-electron chi connectivity index (χ1n) is 3.41. The molecule has 13 heavy (non-hydrogen) atoms. The van der Waals surface area contributed by atoms with E-state index in [1.54, 1.807) is 0 Å². The number of aromatic nitrogens is 3. The quantitative estimate of drug-likeness (QED) is 0.723. The van der Waals surface area contributed by atoms with E-state index in [1.807, 2.05) is 0 Å². The van der Waals surface area contributed by atoms with Crippen LogP contribution in [-0.2, 0) is 0 Å². The molecular weight excluding hydrogens is 194 g/mol. The van der Waals surface area contributed by atoms with E-state index >= 15 is 0 Å². The molecule has 0 radical (unpaired) electrons. The smallest absolute Gasteiger partial charge is 0.337 e. The van der Waals surface area contributed by atoms with Gasteiger partial charge in [0, 0.05) is 6.20 Å². The highest BCUT2D eigenvalue weighted by molar-refractivity contribution is 6.34. The van der Waals surface area contributed by atoms with Crippen molar-refractivity contribution in [3.63, 3.8) is 0 Å². The molecule has 0 aliphatic rings. The fraction of sp³-hybridized carbons (Fsp3) is 0. The molecule has 0 fully saturated rings. The van der Waals surface area contributed by atoms with Crippen molar-refractivity contribution in [3.8, 4) is 0 Å². The van der Waals surface area contributed by atoms with Gasteiger partial charge in [0.1, 0.15) is 5.15 Å². The second-order valence-corrected chi connectivity index (χ2v) is 2.82. The van der Waals surface area contributed by atoms with Gasteiger partial charge in [0.05, 0.1) is 10.9 Å². The first-order valence-corrected chi connectivity index (χ1v) is 3.79. The molecule has 2 N–H and O–H groups in total. The van der Waals surface area contributed by atoms with E-state index in [0.717, 1.165) is 0 Å². The molecule has 5 nitrogen and oxygen atoms in total. The predicted octanol–water partition coefficient (Wildman–Crippen LogP) is 1.31. The number of hydrogen-bond donors (Lipinski definition) is 2. The molecule has 0 aromatic carbocycles. The maximum absolute atomic E-state index is 10.6. The summed E-state index contributed by atoms with van der Waals surface area (Å²) >= 11 is 5.70. The SMILES string of the molecule is O=C(O)c1cnc2n[nH]c(Cl)c2c1. The summed E-state index contributed by atoms with van der Waals surface area (Å²) in [6.07, 6.45) is 1.24. The molecule has 0 atom stereocenters. The number of halogens is 1. The topological polar surface area (TPSA) is 78.9 Å². The third-order valence-corrected chi connectivity index (χ3v) is 1.90. The number of pyridine rings is 1. The number of carboxylic acids is 1. The summed E-state index contributed by atoms with van der Waals surface area (Å²) in [5.41, 5.74) is 0.505. The molecule has 0 saturated carbocycles. The van der Waals surface area contributed by atoms with Gasteiger partial charge in [-0.05, 0) is 6.07 Å². The van der Waals surface area contributed by atoms with Gasteiger partial charge < -0.3 is 5.11 Å². The standard InChI is InChI=1S/C7H4ClN3O2/c8-5-4-1-3(7(12)13)2-9-6(4)11-10-5/h1-2H,(H,12,13)(H,9,10,11). The molecule has 0 aliphatic heterocycles. The fourth-order valence-corrected chi connectivity index (χ4v) is 1.17. The Labute approximate surface area is 77.4 Å². The molecule has 6 heteroatoms. The third-order valence-electron chi connectivity index (χ3n) is 1.61. The molecule has 0 spiro atoms. The lowest BCUT2D eigenvalue weighted by Crippen LogP contribution is -1.96. The van der Waals surface area contributed by atoms with Crippen molar-refractivity contribution in [1.29, 1.82) is 0 Å². The van der Waals surface area contributed by atoms with E-state index in [2.05, 4.69) is 15.2 Å². The summed E-state index contributed by atoms with van der Waals surface area (Å²) in [5, 5.41) is 15.7. The van der Waals surface area contributed by atoms with Gasteiger partial charge in [-0.15, -0.1) is 0 Å². The van der Waals surface area contributed by atoms with Crippen molar-refractivity contribution < 1.29 is 9.90 Å². The lowest BCUT2D eigenvalue weighted by Gasteiger charge is -1.92. The normalized spacial score (nSPS) is 10.5. The molecule has 0 unspecified atom stereocenters. The number of carbonyl (C=O) groups is 1. The average Bonchev–Trinajstić information content (AvgIpc) is 2.47. The largest absolute Gasteiger partial charge is 0.478 e. The maximum atomic E-state index is 10.6. The Hall–Kier alpha value is -1.62. The van der Waals surface area contributed by atoms with Crippen LogP contribution in [0.3, 0.4) is 0 Å². The minimum absolute atomic E-state index is 0.0933. The Morgan fingerprint density at radius 1 is 1.62 bits per heavy atom. The van der Waals surface area contributed by atoms with E-state index in [-0.39, 0.29) is 5.56 Å². The Morgan fingerprint density at radius 2 is 2.38 bits per heavy atom. The number of aromatic carboxylic acids is 1. The van der Waals surface area contributed by atoms with Crippen LogP contribution >= 0.6 is 11.6 Å². The summed E-state index contributed by atoms with van der Waals surface area (Å²) in [4.78, 5) is 14.4. The van der Waals surface area contributed by atoms with Crippen LogP contribution in [-0.4, -0.2) is 26.3 Å². The lowest BCUT2D eigenvalue weighted by atomic mass is 10.2. The molecule has 2 aromatic rings. The van der Waals surface area contributed by atoms with E-state index in [9.17, 15) is 4.79 Å². The zero-order valence-corrected chi connectivity index (χ0v) is 7.04. The van der Waals surface area contributed by atoms with Crippen LogP contribution in [0.25, 0.3) is 11.0 Å². The van der Waals surface area contributed by atoms with Gasteiger partial charge in [-0.2, -0.15) is 5.10 Å². The number of H-pyrrole nitrogens is 1. The van der Waals surface area contributed by atoms with Crippen molar-refractivity contribution >= 4 is 28.6 Å². The van der Waals surface area contributed by atoms with Crippen LogP contribution < -0.4 is 0 Å². The zero-order valence-electron chi connectivity index (χ0n) is 6.28. The fourth-order valence-electron chi connectivity index (χ4n) is 0.987. The van der Waals surface area contributed by atoms with Gasteiger partial charge in [-0.3, -0.25) is 5.10 Å². The number of carboxylic acid groups (broad SMARTS) is 1. The molecule has 0 bridgehead atoms. The minimum Gasteiger partial charge on any atom is -0.478 e. The monoisotopic (exact) mass is 197 g/mol. The van der Waals surface area contributed by atoms with Crippen molar-refractivity contribution in [2.24, 2.45) is 0 Å². The molecule has 66 valence electrons. The first kappa shape index (κ1) is 8.00. The Morgan fingerprint density at radius 3 is 3.08 bits per heavy atom. The summed E-state index contributed by atoms with van der Waals surface area (Å²) in [5.74, 6) is -1.04. The number of nitrogens with one attached hydrogen (secondary N) is 1. The number of hydrogen-bond acceptors (Lipinski definition) is 3. The van der Waals surface area contributed by atoms with Gasteiger partial charge in [0.2, 0.25) is 0 Å². The third kappa shape index (κ3) is 1.23. The minimum atomic E-state index is -1.04. The highest BCUT2D eigenvalue weighted by atomic mass is 35.5. The number of fused-ring (bicyclic) bond motifs is 1. The first-order chi connectivity index (χ1) is 6.18. The average molecular weight is 198 g/mol.